The second-order valence-corrected chi connectivity index (χ2v) is 8.45. The van der Waals surface area contributed by atoms with Gasteiger partial charge in [0.2, 0.25) is 15.9 Å². The zero-order valence-corrected chi connectivity index (χ0v) is 17.0. The van der Waals surface area contributed by atoms with Gasteiger partial charge >= 0.3 is 0 Å². The van der Waals surface area contributed by atoms with Crippen LogP contribution < -0.4 is 9.88 Å². The normalized spacial score (nSPS) is 11.8. The highest BCUT2D eigenvalue weighted by atomic mass is 32.2. The van der Waals surface area contributed by atoms with Gasteiger partial charge in [0.15, 0.2) is 0 Å². The van der Waals surface area contributed by atoms with Crippen LogP contribution in [0.4, 0.5) is 0 Å². The molecule has 2 aromatic heterocycles. The quantitative estimate of drug-likeness (QED) is 0.657. The Morgan fingerprint density at radius 1 is 1.25 bits per heavy atom. The average molecular weight is 401 g/mol. The molecule has 0 radical (unpaired) electrons. The van der Waals surface area contributed by atoms with E-state index in [4.69, 9.17) is 9.88 Å². The van der Waals surface area contributed by atoms with Gasteiger partial charge in [-0.2, -0.15) is 5.10 Å². The maximum Gasteiger partial charge on any atom is 0.241 e. The lowest BCUT2D eigenvalue weighted by Gasteiger charge is -2.14. The lowest BCUT2D eigenvalue weighted by molar-refractivity contribution is 0.281. The van der Waals surface area contributed by atoms with E-state index in [0.717, 1.165) is 11.1 Å². The van der Waals surface area contributed by atoms with Crippen LogP contribution in [0.3, 0.4) is 0 Å². The molecule has 0 aliphatic heterocycles. The molecule has 0 amide bonds. The summed E-state index contributed by atoms with van der Waals surface area (Å²) in [5.41, 5.74) is 4.77. The van der Waals surface area contributed by atoms with E-state index in [2.05, 4.69) is 49.1 Å². The smallest absolute Gasteiger partial charge is 0.241 e. The van der Waals surface area contributed by atoms with Gasteiger partial charge in [0.25, 0.3) is 0 Å². The highest BCUT2D eigenvalue weighted by Crippen LogP contribution is 2.30. The van der Waals surface area contributed by atoms with Crippen molar-refractivity contribution in [2.75, 3.05) is 6.61 Å². The molecule has 0 spiro atoms. The molecule has 0 saturated heterocycles. The van der Waals surface area contributed by atoms with Crippen LogP contribution in [0.2, 0.25) is 0 Å². The Balaban J connectivity index is 1.71. The second-order valence-electron chi connectivity index (χ2n) is 6.89. The van der Waals surface area contributed by atoms with E-state index in [9.17, 15) is 8.42 Å². The summed E-state index contributed by atoms with van der Waals surface area (Å²) in [4.78, 5) is 4.24. The van der Waals surface area contributed by atoms with Gasteiger partial charge in [0, 0.05) is 18.5 Å². The molecule has 148 valence electrons. The minimum Gasteiger partial charge on any atom is -0.476 e. The minimum absolute atomic E-state index is 0.0202. The van der Waals surface area contributed by atoms with Crippen molar-refractivity contribution in [3.05, 3.63) is 60.0 Å². The van der Waals surface area contributed by atoms with E-state index in [1.165, 1.54) is 28.2 Å². The number of sulfonamides is 1. The first kappa shape index (κ1) is 20.0. The number of nitrogens with zero attached hydrogens (tertiary/aromatic N) is 3. The number of hydrogen-bond donors (Lipinski definition) is 1. The Morgan fingerprint density at radius 2 is 2.04 bits per heavy atom. The number of pyridine rings is 1. The number of benzene rings is 1. The SMILES string of the molecule is Cc1c(-c2ccnc(OCCn3cc(S(N)(=O)=O)cn3)c2)cccc1C(C)C. The summed E-state index contributed by atoms with van der Waals surface area (Å²) < 4.78 is 29.8. The highest BCUT2D eigenvalue weighted by molar-refractivity contribution is 7.89. The lowest BCUT2D eigenvalue weighted by Crippen LogP contribution is -2.12. The van der Waals surface area contributed by atoms with Crippen molar-refractivity contribution in [1.82, 2.24) is 14.8 Å². The van der Waals surface area contributed by atoms with Gasteiger partial charge in [-0.15, -0.1) is 0 Å². The summed E-state index contributed by atoms with van der Waals surface area (Å²) in [5, 5.41) is 9.05. The van der Waals surface area contributed by atoms with Gasteiger partial charge < -0.3 is 4.74 Å². The van der Waals surface area contributed by atoms with E-state index >= 15 is 0 Å². The fourth-order valence-electron chi connectivity index (χ4n) is 3.11. The molecular formula is C20H24N4O3S. The van der Waals surface area contributed by atoms with Gasteiger partial charge in [0.05, 0.1) is 12.7 Å². The number of hydrogen-bond acceptors (Lipinski definition) is 5. The van der Waals surface area contributed by atoms with Crippen LogP contribution >= 0.6 is 0 Å². The summed E-state index contributed by atoms with van der Waals surface area (Å²) in [6.07, 6.45) is 4.32. The monoisotopic (exact) mass is 400 g/mol. The molecule has 28 heavy (non-hydrogen) atoms. The fraction of sp³-hybridized carbons (Fsp3) is 0.300. The highest BCUT2D eigenvalue weighted by Gasteiger charge is 2.11. The van der Waals surface area contributed by atoms with E-state index in [1.807, 2.05) is 12.1 Å². The minimum atomic E-state index is -3.75. The topological polar surface area (TPSA) is 100 Å². The summed E-state index contributed by atoms with van der Waals surface area (Å²) in [6.45, 7) is 7.18. The third-order valence-electron chi connectivity index (χ3n) is 4.55. The number of nitrogens with two attached hydrogens (primary N) is 1. The third kappa shape index (κ3) is 4.58. The van der Waals surface area contributed by atoms with Crippen LogP contribution in [0.1, 0.15) is 30.9 Å². The molecule has 0 saturated carbocycles. The van der Waals surface area contributed by atoms with Crippen molar-refractivity contribution in [3.63, 3.8) is 0 Å². The predicted molar refractivity (Wildman–Crippen MR) is 108 cm³/mol. The fourth-order valence-corrected chi connectivity index (χ4v) is 3.57. The Bertz CT molecular complexity index is 1070. The molecule has 7 nitrogen and oxygen atoms in total. The van der Waals surface area contributed by atoms with Gasteiger partial charge in [-0.05, 0) is 41.2 Å². The maximum absolute atomic E-state index is 11.3. The molecule has 1 aromatic carbocycles. The molecule has 3 rings (SSSR count). The summed E-state index contributed by atoms with van der Waals surface area (Å²) in [6, 6.07) is 10.2. The van der Waals surface area contributed by atoms with Crippen molar-refractivity contribution in [2.45, 2.75) is 38.1 Å². The molecule has 0 aliphatic carbocycles. The molecule has 8 heteroatoms. The molecule has 0 unspecified atom stereocenters. The van der Waals surface area contributed by atoms with Crippen LogP contribution in [-0.4, -0.2) is 29.8 Å². The number of ether oxygens (including phenoxy) is 1. The van der Waals surface area contributed by atoms with Crippen LogP contribution in [0, 0.1) is 6.92 Å². The number of primary sulfonamides is 1. The Labute approximate surface area is 165 Å². The van der Waals surface area contributed by atoms with Crippen molar-refractivity contribution in [1.29, 1.82) is 0 Å². The van der Waals surface area contributed by atoms with Crippen LogP contribution in [0.5, 0.6) is 5.88 Å². The zero-order chi connectivity index (χ0) is 20.3. The van der Waals surface area contributed by atoms with Crippen molar-refractivity contribution < 1.29 is 13.2 Å². The Morgan fingerprint density at radius 3 is 2.71 bits per heavy atom. The van der Waals surface area contributed by atoms with Crippen LogP contribution in [0.25, 0.3) is 11.1 Å². The number of rotatable bonds is 7. The Kier molecular flexibility index (Phi) is 5.81. The first-order valence-electron chi connectivity index (χ1n) is 8.99. The molecular weight excluding hydrogens is 376 g/mol. The molecule has 0 bridgehead atoms. The first-order valence-corrected chi connectivity index (χ1v) is 10.5. The number of aromatic nitrogens is 3. The molecule has 2 heterocycles. The van der Waals surface area contributed by atoms with Gasteiger partial charge in [-0.25, -0.2) is 18.5 Å². The molecule has 3 aromatic rings. The van der Waals surface area contributed by atoms with E-state index in [-0.39, 0.29) is 4.90 Å². The van der Waals surface area contributed by atoms with E-state index in [0.29, 0.717) is 24.9 Å². The second kappa shape index (κ2) is 8.12. The maximum atomic E-state index is 11.3. The van der Waals surface area contributed by atoms with Gasteiger partial charge in [-0.1, -0.05) is 32.0 Å². The predicted octanol–water partition coefficient (Wildman–Crippen LogP) is 3.10. The van der Waals surface area contributed by atoms with Gasteiger partial charge in [0.1, 0.15) is 11.5 Å². The summed E-state index contributed by atoms with van der Waals surface area (Å²) in [5.74, 6) is 0.958. The lowest BCUT2D eigenvalue weighted by atomic mass is 9.91. The molecule has 0 aliphatic rings. The summed E-state index contributed by atoms with van der Waals surface area (Å²) in [7, 11) is -3.75. The van der Waals surface area contributed by atoms with Crippen molar-refractivity contribution in [2.24, 2.45) is 5.14 Å². The molecule has 0 fully saturated rings. The van der Waals surface area contributed by atoms with Gasteiger partial charge in [-0.3, -0.25) is 4.68 Å². The standard InChI is InChI=1S/C20H24N4O3S/c1-14(2)18-5-4-6-19(15(18)3)16-7-8-22-20(11-16)27-10-9-24-13-17(12-23-24)28(21,25)26/h4-8,11-14H,9-10H2,1-3H3,(H2,21,25,26). The third-order valence-corrected chi connectivity index (χ3v) is 5.42. The first-order chi connectivity index (χ1) is 13.3. The van der Waals surface area contributed by atoms with Crippen LogP contribution in [0.15, 0.2) is 53.8 Å². The molecule has 0 atom stereocenters. The Hall–Kier alpha value is -2.71. The average Bonchev–Trinajstić information content (AvgIpc) is 3.11. The van der Waals surface area contributed by atoms with Crippen molar-refractivity contribution >= 4 is 10.0 Å². The molecule has 2 N–H and O–H groups in total. The van der Waals surface area contributed by atoms with E-state index < -0.39 is 10.0 Å². The van der Waals surface area contributed by atoms with E-state index in [1.54, 1.807) is 6.20 Å². The summed E-state index contributed by atoms with van der Waals surface area (Å²) >= 11 is 0. The van der Waals surface area contributed by atoms with Crippen molar-refractivity contribution in [3.8, 4) is 17.0 Å². The largest absolute Gasteiger partial charge is 0.476 e. The van der Waals surface area contributed by atoms with Crippen LogP contribution in [-0.2, 0) is 16.6 Å². The zero-order valence-electron chi connectivity index (χ0n) is 16.2.